The SMILES string of the molecule is CCCN(CC(=O)N(C)C)C(=O)c1nn[nH]n1. The number of rotatable bonds is 5. The van der Waals surface area contributed by atoms with E-state index in [1.165, 1.54) is 9.80 Å². The third-order valence-electron chi connectivity index (χ3n) is 2.14. The molecular formula is C9H16N6O2. The van der Waals surface area contributed by atoms with E-state index in [-0.39, 0.29) is 18.3 Å². The minimum atomic E-state index is -0.393. The molecule has 1 rings (SSSR count). The molecule has 0 radical (unpaired) electrons. The molecule has 0 unspecified atom stereocenters. The van der Waals surface area contributed by atoms with Gasteiger partial charge < -0.3 is 9.80 Å². The molecule has 8 nitrogen and oxygen atoms in total. The predicted octanol–water partition coefficient (Wildman–Crippen LogP) is -0.860. The summed E-state index contributed by atoms with van der Waals surface area (Å²) in [6, 6.07) is 0. The number of nitrogens with zero attached hydrogens (tertiary/aromatic N) is 5. The number of H-pyrrole nitrogens is 1. The number of hydrogen-bond acceptors (Lipinski definition) is 5. The first-order valence-electron chi connectivity index (χ1n) is 5.29. The van der Waals surface area contributed by atoms with Gasteiger partial charge in [-0.15, -0.1) is 10.2 Å². The molecule has 0 aromatic carbocycles. The largest absolute Gasteiger partial charge is 0.347 e. The van der Waals surface area contributed by atoms with E-state index in [0.717, 1.165) is 6.42 Å². The average molecular weight is 240 g/mol. The highest BCUT2D eigenvalue weighted by atomic mass is 16.2. The van der Waals surface area contributed by atoms with Crippen molar-refractivity contribution >= 4 is 11.8 Å². The number of hydrogen-bond donors (Lipinski definition) is 1. The number of tetrazole rings is 1. The maximum atomic E-state index is 11.9. The number of nitrogens with one attached hydrogen (secondary N) is 1. The van der Waals surface area contributed by atoms with Crippen LogP contribution in [0.2, 0.25) is 0 Å². The molecule has 0 aliphatic heterocycles. The number of amides is 2. The molecule has 0 spiro atoms. The van der Waals surface area contributed by atoms with E-state index in [4.69, 9.17) is 0 Å². The molecule has 1 aromatic rings. The molecule has 0 bridgehead atoms. The van der Waals surface area contributed by atoms with Gasteiger partial charge in [-0.2, -0.15) is 5.21 Å². The van der Waals surface area contributed by atoms with Crippen LogP contribution in [0.4, 0.5) is 0 Å². The van der Waals surface area contributed by atoms with Crippen molar-refractivity contribution in [1.29, 1.82) is 0 Å². The molecule has 1 N–H and O–H groups in total. The average Bonchev–Trinajstić information content (AvgIpc) is 2.80. The zero-order valence-electron chi connectivity index (χ0n) is 10.2. The molecule has 0 saturated carbocycles. The normalized spacial score (nSPS) is 10.1. The molecule has 1 aromatic heterocycles. The van der Waals surface area contributed by atoms with Gasteiger partial charge in [0.15, 0.2) is 0 Å². The van der Waals surface area contributed by atoms with Crippen molar-refractivity contribution in [3.8, 4) is 0 Å². The lowest BCUT2D eigenvalue weighted by Crippen LogP contribution is -2.41. The Balaban J connectivity index is 2.72. The summed E-state index contributed by atoms with van der Waals surface area (Å²) in [6.07, 6.45) is 0.754. The third-order valence-corrected chi connectivity index (χ3v) is 2.14. The molecular weight excluding hydrogens is 224 g/mol. The number of carbonyl (C=O) groups excluding carboxylic acids is 2. The second-order valence-electron chi connectivity index (χ2n) is 3.75. The van der Waals surface area contributed by atoms with Crippen LogP contribution in [0.3, 0.4) is 0 Å². The molecule has 2 amide bonds. The Labute approximate surface area is 99.0 Å². The van der Waals surface area contributed by atoms with E-state index in [1.807, 2.05) is 6.92 Å². The Kier molecular flexibility index (Phi) is 4.56. The number of likely N-dealkylation sites (N-methyl/N-ethyl adjacent to an activating group) is 1. The molecule has 8 heteroatoms. The maximum Gasteiger partial charge on any atom is 0.295 e. The zero-order chi connectivity index (χ0) is 12.8. The van der Waals surface area contributed by atoms with E-state index >= 15 is 0 Å². The minimum absolute atomic E-state index is 0.0220. The van der Waals surface area contributed by atoms with Gasteiger partial charge in [-0.25, -0.2) is 0 Å². The Morgan fingerprint density at radius 2 is 2.06 bits per heavy atom. The second kappa shape index (κ2) is 5.92. The fraction of sp³-hybridized carbons (Fsp3) is 0.667. The lowest BCUT2D eigenvalue weighted by Gasteiger charge is -2.21. The Morgan fingerprint density at radius 3 is 2.53 bits per heavy atom. The number of aromatic amines is 1. The van der Waals surface area contributed by atoms with Gasteiger partial charge in [-0.05, 0) is 11.6 Å². The summed E-state index contributed by atoms with van der Waals surface area (Å²) in [5, 5.41) is 12.7. The van der Waals surface area contributed by atoms with Gasteiger partial charge in [0, 0.05) is 20.6 Å². The molecule has 0 saturated heterocycles. The smallest absolute Gasteiger partial charge is 0.295 e. The van der Waals surface area contributed by atoms with Gasteiger partial charge in [-0.3, -0.25) is 9.59 Å². The molecule has 0 atom stereocenters. The Hall–Kier alpha value is -1.99. The monoisotopic (exact) mass is 240 g/mol. The minimum Gasteiger partial charge on any atom is -0.347 e. The summed E-state index contributed by atoms with van der Waals surface area (Å²) in [6.45, 7) is 2.43. The fourth-order valence-electron chi connectivity index (χ4n) is 1.22. The molecule has 94 valence electrons. The highest BCUT2D eigenvalue weighted by molar-refractivity contribution is 5.93. The first kappa shape index (κ1) is 13.1. The highest BCUT2D eigenvalue weighted by Gasteiger charge is 2.22. The van der Waals surface area contributed by atoms with Crippen molar-refractivity contribution in [3.05, 3.63) is 5.82 Å². The number of aromatic nitrogens is 4. The Morgan fingerprint density at radius 1 is 1.35 bits per heavy atom. The van der Waals surface area contributed by atoms with Crippen LogP contribution in [-0.2, 0) is 4.79 Å². The predicted molar refractivity (Wildman–Crippen MR) is 59.1 cm³/mol. The van der Waals surface area contributed by atoms with E-state index in [2.05, 4.69) is 20.6 Å². The molecule has 0 fully saturated rings. The van der Waals surface area contributed by atoms with Crippen LogP contribution in [0.5, 0.6) is 0 Å². The van der Waals surface area contributed by atoms with Crippen molar-refractivity contribution in [2.45, 2.75) is 13.3 Å². The van der Waals surface area contributed by atoms with Crippen LogP contribution in [0.1, 0.15) is 24.0 Å². The summed E-state index contributed by atoms with van der Waals surface area (Å²) >= 11 is 0. The van der Waals surface area contributed by atoms with E-state index in [1.54, 1.807) is 14.1 Å². The quantitative estimate of drug-likeness (QED) is 0.722. The lowest BCUT2D eigenvalue weighted by atomic mass is 10.3. The standard InChI is InChI=1S/C9H16N6O2/c1-4-5-15(6-7(16)14(2)3)9(17)8-10-12-13-11-8/h4-6H2,1-3H3,(H,10,11,12,13). The van der Waals surface area contributed by atoms with Crippen molar-refractivity contribution < 1.29 is 9.59 Å². The summed E-state index contributed by atoms with van der Waals surface area (Å²) in [5.74, 6) is -0.559. The van der Waals surface area contributed by atoms with E-state index < -0.39 is 5.91 Å². The number of carbonyl (C=O) groups is 2. The maximum absolute atomic E-state index is 11.9. The van der Waals surface area contributed by atoms with Crippen molar-refractivity contribution in [2.75, 3.05) is 27.2 Å². The van der Waals surface area contributed by atoms with Crippen molar-refractivity contribution in [1.82, 2.24) is 30.4 Å². The van der Waals surface area contributed by atoms with Gasteiger partial charge in [0.05, 0.1) is 0 Å². The summed E-state index contributed by atoms with van der Waals surface area (Å²) in [5.41, 5.74) is 0. The van der Waals surface area contributed by atoms with Gasteiger partial charge in [-0.1, -0.05) is 6.92 Å². The molecule has 1 heterocycles. The summed E-state index contributed by atoms with van der Waals surface area (Å²) in [7, 11) is 3.29. The van der Waals surface area contributed by atoms with Crippen LogP contribution >= 0.6 is 0 Å². The molecule has 0 aliphatic carbocycles. The van der Waals surface area contributed by atoms with Crippen molar-refractivity contribution in [2.24, 2.45) is 0 Å². The molecule has 17 heavy (non-hydrogen) atoms. The highest BCUT2D eigenvalue weighted by Crippen LogP contribution is 1.99. The third kappa shape index (κ3) is 3.51. The fourth-order valence-corrected chi connectivity index (χ4v) is 1.22. The van der Waals surface area contributed by atoms with Crippen LogP contribution in [0, 0.1) is 0 Å². The van der Waals surface area contributed by atoms with Crippen LogP contribution in [0.15, 0.2) is 0 Å². The zero-order valence-corrected chi connectivity index (χ0v) is 10.2. The first-order chi connectivity index (χ1) is 8.06. The lowest BCUT2D eigenvalue weighted by molar-refractivity contribution is -0.129. The van der Waals surface area contributed by atoms with E-state index in [9.17, 15) is 9.59 Å². The van der Waals surface area contributed by atoms with Gasteiger partial charge >= 0.3 is 0 Å². The Bertz CT molecular complexity index is 375. The van der Waals surface area contributed by atoms with Crippen LogP contribution in [-0.4, -0.2) is 69.4 Å². The summed E-state index contributed by atoms with van der Waals surface area (Å²) < 4.78 is 0. The van der Waals surface area contributed by atoms with Crippen LogP contribution in [0.25, 0.3) is 0 Å². The second-order valence-corrected chi connectivity index (χ2v) is 3.75. The van der Waals surface area contributed by atoms with Crippen molar-refractivity contribution in [3.63, 3.8) is 0 Å². The molecule has 0 aliphatic rings. The summed E-state index contributed by atoms with van der Waals surface area (Å²) in [4.78, 5) is 26.3. The van der Waals surface area contributed by atoms with Gasteiger partial charge in [0.25, 0.3) is 11.7 Å². The topological polar surface area (TPSA) is 95.1 Å². The van der Waals surface area contributed by atoms with Crippen LogP contribution < -0.4 is 0 Å². The first-order valence-corrected chi connectivity index (χ1v) is 5.29. The van der Waals surface area contributed by atoms with Gasteiger partial charge in [0.2, 0.25) is 5.91 Å². The van der Waals surface area contributed by atoms with E-state index in [0.29, 0.717) is 6.54 Å². The van der Waals surface area contributed by atoms with Gasteiger partial charge in [0.1, 0.15) is 6.54 Å².